The Hall–Kier alpha value is -1.96. The van der Waals surface area contributed by atoms with Crippen molar-refractivity contribution in [3.63, 3.8) is 0 Å². The summed E-state index contributed by atoms with van der Waals surface area (Å²) in [6.45, 7) is -1.94. The fraction of sp³-hybridized carbons (Fsp3) is 0.294. The third-order valence-electron chi connectivity index (χ3n) is 3.99. The van der Waals surface area contributed by atoms with Crippen LogP contribution in [-0.2, 0) is 4.74 Å². The van der Waals surface area contributed by atoms with Crippen LogP contribution in [0.25, 0.3) is 11.1 Å². The molecule has 1 saturated heterocycles. The van der Waals surface area contributed by atoms with Crippen LogP contribution in [0.15, 0.2) is 30.6 Å². The lowest BCUT2D eigenvalue weighted by Crippen LogP contribution is -2.13. The molecule has 138 valence electrons. The Labute approximate surface area is 158 Å². The maximum absolute atomic E-state index is 12.3. The van der Waals surface area contributed by atoms with Crippen LogP contribution in [-0.4, -0.2) is 30.2 Å². The molecule has 2 fully saturated rings. The third kappa shape index (κ3) is 4.23. The standard InChI is InChI=1S/C13H8Cl2F2N2O2.C4H6O/c14-9-4-19-5-10(15)11(9)8-3-6(21-13(16)17)1-2-7(8)12(18)20;1-3-2-5-4(1)3/h1-5,13H,(H2,18,20);3-4H,1-2H2. The largest absolute Gasteiger partial charge is 0.435 e. The van der Waals surface area contributed by atoms with E-state index in [1.807, 2.05) is 0 Å². The molecular weight excluding hydrogens is 389 g/mol. The van der Waals surface area contributed by atoms with Crippen molar-refractivity contribution >= 4 is 29.1 Å². The predicted octanol–water partition coefficient (Wildman–Crippen LogP) is 4.16. The molecule has 1 saturated carbocycles. The fourth-order valence-electron chi connectivity index (χ4n) is 2.51. The number of carbonyl (C=O) groups is 1. The molecular formula is C17H14Cl2F2N2O3. The summed E-state index contributed by atoms with van der Waals surface area (Å²) in [5.41, 5.74) is 5.81. The molecule has 4 rings (SSSR count). The lowest BCUT2D eigenvalue weighted by atomic mass is 9.99. The molecule has 1 aromatic heterocycles. The predicted molar refractivity (Wildman–Crippen MR) is 92.7 cm³/mol. The number of aromatic nitrogens is 1. The SMILES string of the molecule is C1OC2CC12.NC(=O)c1ccc(OC(F)F)cc1-c1c(Cl)cncc1Cl. The molecule has 2 aromatic rings. The van der Waals surface area contributed by atoms with Gasteiger partial charge in [-0.3, -0.25) is 9.78 Å². The van der Waals surface area contributed by atoms with Crippen molar-refractivity contribution < 1.29 is 23.0 Å². The van der Waals surface area contributed by atoms with Gasteiger partial charge >= 0.3 is 6.61 Å². The monoisotopic (exact) mass is 402 g/mol. The van der Waals surface area contributed by atoms with Gasteiger partial charge in [-0.1, -0.05) is 23.2 Å². The Kier molecular flexibility index (Phi) is 5.60. The zero-order valence-electron chi connectivity index (χ0n) is 13.3. The molecule has 1 aromatic carbocycles. The Morgan fingerprint density at radius 2 is 1.96 bits per heavy atom. The number of ether oxygens (including phenoxy) is 2. The van der Waals surface area contributed by atoms with Gasteiger partial charge in [-0.15, -0.1) is 0 Å². The summed E-state index contributed by atoms with van der Waals surface area (Å²) in [6, 6.07) is 3.70. The maximum atomic E-state index is 12.3. The number of nitrogens with two attached hydrogens (primary N) is 1. The van der Waals surface area contributed by atoms with Gasteiger partial charge in [-0.25, -0.2) is 0 Å². The molecule has 2 atom stereocenters. The summed E-state index contributed by atoms with van der Waals surface area (Å²) in [6.07, 6.45) is 4.72. The van der Waals surface area contributed by atoms with Crippen LogP contribution in [0.5, 0.6) is 5.75 Å². The van der Waals surface area contributed by atoms with Crippen LogP contribution in [0.1, 0.15) is 16.8 Å². The molecule has 0 spiro atoms. The molecule has 2 heterocycles. The van der Waals surface area contributed by atoms with E-state index >= 15 is 0 Å². The Balaban J connectivity index is 0.000000328. The van der Waals surface area contributed by atoms with Crippen molar-refractivity contribution in [2.24, 2.45) is 11.7 Å². The number of amides is 1. The summed E-state index contributed by atoms with van der Waals surface area (Å²) < 4.78 is 33.9. The minimum atomic E-state index is -3.00. The number of fused-ring (bicyclic) bond motifs is 1. The molecule has 2 aliphatic rings. The molecule has 1 aliphatic heterocycles. The molecule has 1 amide bonds. The molecule has 5 nitrogen and oxygen atoms in total. The second-order valence-electron chi connectivity index (χ2n) is 5.80. The van der Waals surface area contributed by atoms with Crippen LogP contribution >= 0.6 is 23.2 Å². The topological polar surface area (TPSA) is 74.4 Å². The van der Waals surface area contributed by atoms with Crippen LogP contribution in [0, 0.1) is 5.92 Å². The van der Waals surface area contributed by atoms with E-state index in [2.05, 4.69) is 9.72 Å². The summed E-state index contributed by atoms with van der Waals surface area (Å²) in [5.74, 6) is 0.112. The van der Waals surface area contributed by atoms with E-state index in [0.717, 1.165) is 18.6 Å². The van der Waals surface area contributed by atoms with E-state index in [1.54, 1.807) is 0 Å². The lowest BCUT2D eigenvalue weighted by Gasteiger charge is -2.13. The number of nitrogens with zero attached hydrogens (tertiary/aromatic N) is 1. The van der Waals surface area contributed by atoms with Crippen molar-refractivity contribution in [2.75, 3.05) is 6.61 Å². The van der Waals surface area contributed by atoms with Gasteiger partial charge in [-0.2, -0.15) is 8.78 Å². The number of hydrogen-bond donors (Lipinski definition) is 1. The van der Waals surface area contributed by atoms with E-state index in [4.69, 9.17) is 33.7 Å². The van der Waals surface area contributed by atoms with Crippen molar-refractivity contribution in [1.29, 1.82) is 0 Å². The van der Waals surface area contributed by atoms with Crippen LogP contribution in [0.2, 0.25) is 10.0 Å². The summed E-state index contributed by atoms with van der Waals surface area (Å²) in [4.78, 5) is 15.3. The lowest BCUT2D eigenvalue weighted by molar-refractivity contribution is -0.0498. The van der Waals surface area contributed by atoms with Crippen LogP contribution in [0.3, 0.4) is 0 Å². The molecule has 1 aliphatic carbocycles. The van der Waals surface area contributed by atoms with Gasteiger partial charge in [0.1, 0.15) is 5.75 Å². The first kappa shape index (κ1) is 18.8. The second-order valence-corrected chi connectivity index (χ2v) is 6.61. The molecule has 0 radical (unpaired) electrons. The van der Waals surface area contributed by atoms with Gasteiger partial charge < -0.3 is 15.2 Å². The van der Waals surface area contributed by atoms with Crippen molar-refractivity contribution in [1.82, 2.24) is 4.98 Å². The van der Waals surface area contributed by atoms with Gasteiger partial charge in [0.15, 0.2) is 0 Å². The van der Waals surface area contributed by atoms with E-state index < -0.39 is 12.5 Å². The Bertz CT molecular complexity index is 803. The number of pyridine rings is 1. The van der Waals surface area contributed by atoms with Crippen LogP contribution in [0.4, 0.5) is 8.78 Å². The maximum Gasteiger partial charge on any atom is 0.387 e. The van der Waals surface area contributed by atoms with Crippen molar-refractivity contribution in [3.05, 3.63) is 46.2 Å². The zero-order chi connectivity index (χ0) is 18.8. The normalized spacial score (nSPS) is 19.7. The highest BCUT2D eigenvalue weighted by Crippen LogP contribution is 2.42. The van der Waals surface area contributed by atoms with Gasteiger partial charge in [0, 0.05) is 35.0 Å². The average molecular weight is 403 g/mol. The summed E-state index contributed by atoms with van der Waals surface area (Å²) in [7, 11) is 0. The average Bonchev–Trinajstić information content (AvgIpc) is 3.13. The second kappa shape index (κ2) is 7.73. The van der Waals surface area contributed by atoms with E-state index in [9.17, 15) is 13.6 Å². The number of halogens is 4. The van der Waals surface area contributed by atoms with Gasteiger partial charge in [0.25, 0.3) is 0 Å². The highest BCUT2D eigenvalue weighted by molar-refractivity contribution is 6.39. The molecule has 9 heteroatoms. The number of hydrogen-bond acceptors (Lipinski definition) is 4. The highest BCUT2D eigenvalue weighted by atomic mass is 35.5. The van der Waals surface area contributed by atoms with Crippen molar-refractivity contribution in [2.45, 2.75) is 19.1 Å². The molecule has 2 N–H and O–H groups in total. The number of carbonyl (C=O) groups excluding carboxylic acids is 1. The quantitative estimate of drug-likeness (QED) is 0.832. The van der Waals surface area contributed by atoms with Gasteiger partial charge in [-0.05, 0) is 24.6 Å². The molecule has 2 unspecified atom stereocenters. The Morgan fingerprint density at radius 1 is 1.31 bits per heavy atom. The highest BCUT2D eigenvalue weighted by Gasteiger charge is 2.46. The number of alkyl halides is 2. The van der Waals surface area contributed by atoms with E-state index in [0.29, 0.717) is 0 Å². The summed E-state index contributed by atoms with van der Waals surface area (Å²) >= 11 is 12.0. The number of rotatable bonds is 4. The van der Waals surface area contributed by atoms with E-state index in [-0.39, 0.29) is 32.5 Å². The summed E-state index contributed by atoms with van der Waals surface area (Å²) in [5, 5.41) is 0.304. The molecule has 0 bridgehead atoms. The number of primary amides is 1. The van der Waals surface area contributed by atoms with Crippen LogP contribution < -0.4 is 10.5 Å². The number of benzene rings is 1. The van der Waals surface area contributed by atoms with Crippen molar-refractivity contribution in [3.8, 4) is 16.9 Å². The third-order valence-corrected chi connectivity index (χ3v) is 4.56. The van der Waals surface area contributed by atoms with Gasteiger partial charge in [0.05, 0.1) is 22.8 Å². The van der Waals surface area contributed by atoms with Gasteiger partial charge in [0.2, 0.25) is 5.91 Å². The zero-order valence-corrected chi connectivity index (χ0v) is 14.8. The fourth-order valence-corrected chi connectivity index (χ4v) is 3.08. The first-order chi connectivity index (χ1) is 12.4. The minimum absolute atomic E-state index is 0.0756. The first-order valence-electron chi connectivity index (χ1n) is 7.66. The Morgan fingerprint density at radius 3 is 2.38 bits per heavy atom. The smallest absolute Gasteiger partial charge is 0.387 e. The minimum Gasteiger partial charge on any atom is -0.435 e. The molecule has 26 heavy (non-hydrogen) atoms. The first-order valence-corrected chi connectivity index (χ1v) is 8.42. The van der Waals surface area contributed by atoms with E-state index in [1.165, 1.54) is 37.0 Å².